The molecule has 1 aromatic carbocycles. The van der Waals surface area contributed by atoms with Crippen LogP contribution in [0.25, 0.3) is 0 Å². The predicted molar refractivity (Wildman–Crippen MR) is 80.9 cm³/mol. The van der Waals surface area contributed by atoms with Gasteiger partial charge in [0.2, 0.25) is 5.78 Å². The summed E-state index contributed by atoms with van der Waals surface area (Å²) in [6, 6.07) is 4.70. The molecule has 0 spiro atoms. The molecule has 0 fully saturated rings. The molecule has 0 radical (unpaired) electrons. The van der Waals surface area contributed by atoms with Crippen molar-refractivity contribution in [1.29, 1.82) is 0 Å². The lowest BCUT2D eigenvalue weighted by Gasteiger charge is -2.09. The second-order valence-electron chi connectivity index (χ2n) is 4.15. The molecule has 7 heteroatoms. The Labute approximate surface area is 135 Å². The highest BCUT2D eigenvalue weighted by atomic mass is 79.9. The number of halogens is 1. The van der Waals surface area contributed by atoms with Gasteiger partial charge < -0.3 is 9.47 Å². The molecule has 0 unspecified atom stereocenters. The smallest absolute Gasteiger partial charge is 0.382 e. The van der Waals surface area contributed by atoms with E-state index in [0.29, 0.717) is 16.8 Å². The van der Waals surface area contributed by atoms with Crippen LogP contribution in [0.1, 0.15) is 30.6 Å². The molecule has 0 aliphatic carbocycles. The van der Waals surface area contributed by atoms with E-state index in [-0.39, 0.29) is 12.2 Å². The zero-order chi connectivity index (χ0) is 16.7. The van der Waals surface area contributed by atoms with Crippen molar-refractivity contribution in [1.82, 2.24) is 0 Å². The summed E-state index contributed by atoms with van der Waals surface area (Å²) in [6.45, 7) is 3.58. The molecule has 0 saturated heterocycles. The number of esters is 1. The second-order valence-corrected chi connectivity index (χ2v) is 5.06. The molecule has 118 valence electrons. The lowest BCUT2D eigenvalue weighted by molar-refractivity contribution is -0.156. The van der Waals surface area contributed by atoms with E-state index in [2.05, 4.69) is 20.7 Å². The summed E-state index contributed by atoms with van der Waals surface area (Å²) in [7, 11) is 0. The summed E-state index contributed by atoms with van der Waals surface area (Å²) in [4.78, 5) is 46.4. The van der Waals surface area contributed by atoms with Gasteiger partial charge in [-0.05, 0) is 32.0 Å². The van der Waals surface area contributed by atoms with Gasteiger partial charge in [-0.3, -0.25) is 14.4 Å². The van der Waals surface area contributed by atoms with Crippen molar-refractivity contribution < 1.29 is 28.7 Å². The monoisotopic (exact) mass is 370 g/mol. The van der Waals surface area contributed by atoms with Gasteiger partial charge in [0.15, 0.2) is 5.78 Å². The first-order chi connectivity index (χ1) is 10.4. The quantitative estimate of drug-likeness (QED) is 0.301. The molecule has 1 aromatic rings. The van der Waals surface area contributed by atoms with Gasteiger partial charge in [0.25, 0.3) is 0 Å². The van der Waals surface area contributed by atoms with E-state index < -0.39 is 29.7 Å². The lowest BCUT2D eigenvalue weighted by atomic mass is 10.0. The Morgan fingerprint density at radius 3 is 2.36 bits per heavy atom. The van der Waals surface area contributed by atoms with Crippen LogP contribution in [-0.2, 0) is 19.1 Å². The Kier molecular flexibility index (Phi) is 6.91. The number of ketones is 3. The maximum atomic E-state index is 12.1. The van der Waals surface area contributed by atoms with Crippen LogP contribution in [0.15, 0.2) is 22.7 Å². The molecule has 0 aliphatic rings. The fourth-order valence-corrected chi connectivity index (χ4v) is 1.97. The van der Waals surface area contributed by atoms with Gasteiger partial charge in [0.1, 0.15) is 5.75 Å². The highest BCUT2D eigenvalue weighted by molar-refractivity contribution is 9.10. The summed E-state index contributed by atoms with van der Waals surface area (Å²) >= 11 is 3.25. The summed E-state index contributed by atoms with van der Waals surface area (Å²) < 4.78 is 10.5. The zero-order valence-electron chi connectivity index (χ0n) is 12.2. The Hall–Kier alpha value is -2.02. The Morgan fingerprint density at radius 1 is 1.09 bits per heavy atom. The van der Waals surface area contributed by atoms with Gasteiger partial charge in [0.05, 0.1) is 25.2 Å². The maximum absolute atomic E-state index is 12.1. The summed E-state index contributed by atoms with van der Waals surface area (Å²) in [5.41, 5.74) is 0.176. The third-order valence-electron chi connectivity index (χ3n) is 2.58. The molecule has 0 aliphatic heterocycles. The third kappa shape index (κ3) is 4.77. The van der Waals surface area contributed by atoms with Crippen molar-refractivity contribution in [2.45, 2.75) is 20.3 Å². The highest BCUT2D eigenvalue weighted by Gasteiger charge is 2.27. The maximum Gasteiger partial charge on any atom is 0.382 e. The fraction of sp³-hybridized carbons (Fsp3) is 0.333. The van der Waals surface area contributed by atoms with Crippen LogP contribution in [0.2, 0.25) is 0 Å². The molecular formula is C15H15BrO6. The van der Waals surface area contributed by atoms with Crippen LogP contribution in [0.5, 0.6) is 5.75 Å². The molecule has 0 bridgehead atoms. The number of Topliss-reactive ketones (excluding diaryl/α,β-unsaturated/α-hetero) is 3. The molecule has 0 atom stereocenters. The van der Waals surface area contributed by atoms with Crippen LogP contribution in [0.3, 0.4) is 0 Å². The molecule has 1 rings (SSSR count). The van der Waals surface area contributed by atoms with E-state index in [9.17, 15) is 19.2 Å². The van der Waals surface area contributed by atoms with Crippen molar-refractivity contribution in [3.05, 3.63) is 28.2 Å². The van der Waals surface area contributed by atoms with Crippen molar-refractivity contribution in [2.24, 2.45) is 0 Å². The predicted octanol–water partition coefficient (Wildman–Crippen LogP) is 2.12. The van der Waals surface area contributed by atoms with Crippen LogP contribution in [0, 0.1) is 0 Å². The van der Waals surface area contributed by atoms with Crippen molar-refractivity contribution in [2.75, 3.05) is 13.2 Å². The first kappa shape index (κ1) is 18.0. The first-order valence-electron chi connectivity index (χ1n) is 6.60. The lowest BCUT2D eigenvalue weighted by Crippen LogP contribution is -2.27. The second kappa shape index (κ2) is 8.43. The summed E-state index contributed by atoms with van der Waals surface area (Å²) in [6.07, 6.45) is -0.709. The molecule has 6 nitrogen and oxygen atoms in total. The summed E-state index contributed by atoms with van der Waals surface area (Å²) in [5, 5.41) is 0. The molecule has 0 N–H and O–H groups in total. The Balaban J connectivity index is 2.87. The Bertz CT molecular complexity index is 608. The average molecular weight is 371 g/mol. The van der Waals surface area contributed by atoms with Crippen molar-refractivity contribution in [3.63, 3.8) is 0 Å². The van der Waals surface area contributed by atoms with Gasteiger partial charge >= 0.3 is 11.8 Å². The highest BCUT2D eigenvalue weighted by Crippen LogP contribution is 2.25. The molecule has 0 saturated carbocycles. The molecule has 22 heavy (non-hydrogen) atoms. The van der Waals surface area contributed by atoms with Crippen LogP contribution in [-0.4, -0.2) is 36.5 Å². The molecular weight excluding hydrogens is 356 g/mol. The SMILES string of the molecule is CCOC(=O)C(=O)C(=O)CC(=O)c1ccc(Br)cc1OCC. The number of rotatable bonds is 8. The van der Waals surface area contributed by atoms with Crippen LogP contribution < -0.4 is 4.74 Å². The van der Waals surface area contributed by atoms with E-state index >= 15 is 0 Å². The first-order valence-corrected chi connectivity index (χ1v) is 7.39. The average Bonchev–Trinajstić information content (AvgIpc) is 2.46. The number of benzene rings is 1. The third-order valence-corrected chi connectivity index (χ3v) is 3.07. The van der Waals surface area contributed by atoms with E-state index in [1.54, 1.807) is 19.1 Å². The van der Waals surface area contributed by atoms with Gasteiger partial charge in [-0.1, -0.05) is 15.9 Å². The van der Waals surface area contributed by atoms with E-state index in [1.165, 1.54) is 13.0 Å². The minimum Gasteiger partial charge on any atom is -0.493 e. The van der Waals surface area contributed by atoms with Gasteiger partial charge in [-0.15, -0.1) is 0 Å². The van der Waals surface area contributed by atoms with Gasteiger partial charge in [0, 0.05) is 4.47 Å². The topological polar surface area (TPSA) is 86.7 Å². The Morgan fingerprint density at radius 2 is 1.77 bits per heavy atom. The number of carbonyl (C=O) groups excluding carboxylic acids is 4. The van der Waals surface area contributed by atoms with Crippen molar-refractivity contribution >= 4 is 39.2 Å². The normalized spacial score (nSPS) is 9.95. The van der Waals surface area contributed by atoms with Gasteiger partial charge in [-0.25, -0.2) is 4.79 Å². The van der Waals surface area contributed by atoms with E-state index in [4.69, 9.17) is 4.74 Å². The number of hydrogen-bond donors (Lipinski definition) is 0. The largest absolute Gasteiger partial charge is 0.493 e. The van der Waals surface area contributed by atoms with Crippen LogP contribution >= 0.6 is 15.9 Å². The van der Waals surface area contributed by atoms with E-state index in [1.807, 2.05) is 0 Å². The standard InChI is InChI=1S/C15H15BrO6/c1-3-21-13-7-9(16)5-6-10(13)11(17)8-12(18)14(19)15(20)22-4-2/h5-7H,3-4,8H2,1-2H3. The summed E-state index contributed by atoms with van der Waals surface area (Å²) in [5.74, 6) is -3.97. The molecule has 0 heterocycles. The molecule has 0 amide bonds. The van der Waals surface area contributed by atoms with E-state index in [0.717, 1.165) is 0 Å². The van der Waals surface area contributed by atoms with Crippen molar-refractivity contribution in [3.8, 4) is 5.75 Å². The zero-order valence-corrected chi connectivity index (χ0v) is 13.8. The molecule has 0 aromatic heterocycles. The fourth-order valence-electron chi connectivity index (χ4n) is 1.63. The minimum atomic E-state index is -1.33. The van der Waals surface area contributed by atoms with Gasteiger partial charge in [-0.2, -0.15) is 0 Å². The number of carbonyl (C=O) groups is 4. The number of hydrogen-bond acceptors (Lipinski definition) is 6. The number of ether oxygens (including phenoxy) is 2. The minimum absolute atomic E-state index is 0.0208. The van der Waals surface area contributed by atoms with Crippen LogP contribution in [0.4, 0.5) is 0 Å².